The molecule has 146 valence electrons. The zero-order valence-electron chi connectivity index (χ0n) is 16.5. The molecule has 0 fully saturated rings. The van der Waals surface area contributed by atoms with Gasteiger partial charge in [-0.2, -0.15) is 4.72 Å². The lowest BCUT2D eigenvalue weighted by atomic mass is 10.0. The fourth-order valence-electron chi connectivity index (χ4n) is 2.98. The van der Waals surface area contributed by atoms with Crippen LogP contribution in [0, 0.1) is 27.7 Å². The zero-order valence-corrected chi connectivity index (χ0v) is 17.3. The summed E-state index contributed by atoms with van der Waals surface area (Å²) in [6.45, 7) is 9.08. The molecule has 6 nitrogen and oxygen atoms in total. The molecule has 27 heavy (non-hydrogen) atoms. The van der Waals surface area contributed by atoms with Crippen molar-refractivity contribution >= 4 is 21.6 Å². The van der Waals surface area contributed by atoms with Crippen molar-refractivity contribution in [1.82, 2.24) is 4.72 Å². The molecule has 2 rings (SSSR count). The largest absolute Gasteiger partial charge is 0.496 e. The number of benzene rings is 2. The molecule has 2 N–H and O–H groups in total. The molecular formula is C20H26N2O4S. The Bertz CT molecular complexity index is 945. The Labute approximate surface area is 161 Å². The van der Waals surface area contributed by atoms with Gasteiger partial charge >= 0.3 is 0 Å². The highest BCUT2D eigenvalue weighted by Gasteiger charge is 2.23. The van der Waals surface area contributed by atoms with Crippen molar-refractivity contribution in [1.29, 1.82) is 0 Å². The number of aryl methyl sites for hydroxylation is 4. The Morgan fingerprint density at radius 2 is 1.59 bits per heavy atom. The highest BCUT2D eigenvalue weighted by molar-refractivity contribution is 7.89. The van der Waals surface area contributed by atoms with Crippen molar-refractivity contribution in [3.63, 3.8) is 0 Å². The van der Waals surface area contributed by atoms with Crippen molar-refractivity contribution in [2.24, 2.45) is 0 Å². The van der Waals surface area contributed by atoms with Crippen LogP contribution in [0.1, 0.15) is 29.2 Å². The maximum atomic E-state index is 12.6. The predicted octanol–water partition coefficient (Wildman–Crippen LogP) is 3.23. The monoisotopic (exact) mass is 390 g/mol. The van der Waals surface area contributed by atoms with E-state index in [1.165, 1.54) is 26.2 Å². The van der Waals surface area contributed by atoms with Gasteiger partial charge in [0.15, 0.2) is 0 Å². The number of rotatable bonds is 6. The fourth-order valence-corrected chi connectivity index (χ4v) is 4.27. The van der Waals surface area contributed by atoms with Gasteiger partial charge in [0.05, 0.1) is 18.0 Å². The minimum atomic E-state index is -3.84. The number of nitrogens with one attached hydrogen (secondary N) is 2. The first kappa shape index (κ1) is 20.9. The zero-order chi connectivity index (χ0) is 20.4. The second-order valence-electron chi connectivity index (χ2n) is 6.74. The highest BCUT2D eigenvalue weighted by atomic mass is 32.2. The molecule has 0 aliphatic rings. The highest BCUT2D eigenvalue weighted by Crippen LogP contribution is 2.23. The summed E-state index contributed by atoms with van der Waals surface area (Å²) < 4.78 is 32.8. The van der Waals surface area contributed by atoms with Crippen LogP contribution in [0.4, 0.5) is 5.69 Å². The lowest BCUT2D eigenvalue weighted by molar-refractivity contribution is -0.117. The molecule has 7 heteroatoms. The molecule has 1 amide bonds. The Morgan fingerprint density at radius 1 is 1.00 bits per heavy atom. The summed E-state index contributed by atoms with van der Waals surface area (Å²) in [7, 11) is -2.31. The van der Waals surface area contributed by atoms with Crippen LogP contribution in [0.25, 0.3) is 0 Å². The summed E-state index contributed by atoms with van der Waals surface area (Å²) in [5, 5.41) is 2.82. The van der Waals surface area contributed by atoms with Gasteiger partial charge in [-0.15, -0.1) is 0 Å². The molecule has 0 radical (unpaired) electrons. The number of sulfonamides is 1. The first-order chi connectivity index (χ1) is 12.5. The topological polar surface area (TPSA) is 84.5 Å². The van der Waals surface area contributed by atoms with E-state index in [9.17, 15) is 13.2 Å². The van der Waals surface area contributed by atoms with Crippen LogP contribution >= 0.6 is 0 Å². The van der Waals surface area contributed by atoms with Crippen molar-refractivity contribution in [3.05, 3.63) is 52.6 Å². The summed E-state index contributed by atoms with van der Waals surface area (Å²) in [6, 6.07) is 7.56. The van der Waals surface area contributed by atoms with E-state index >= 15 is 0 Å². The van der Waals surface area contributed by atoms with Gasteiger partial charge in [0.25, 0.3) is 0 Å². The van der Waals surface area contributed by atoms with Crippen LogP contribution in [0.5, 0.6) is 5.75 Å². The van der Waals surface area contributed by atoms with Crippen LogP contribution in [0.2, 0.25) is 0 Å². The van der Waals surface area contributed by atoms with E-state index in [0.29, 0.717) is 17.0 Å². The molecule has 0 aromatic heterocycles. The Balaban J connectivity index is 2.17. The van der Waals surface area contributed by atoms with E-state index in [0.717, 1.165) is 16.7 Å². The molecule has 0 heterocycles. The number of carbonyl (C=O) groups is 1. The third kappa shape index (κ3) is 4.87. The van der Waals surface area contributed by atoms with E-state index in [4.69, 9.17) is 4.74 Å². The van der Waals surface area contributed by atoms with Crippen molar-refractivity contribution in [2.45, 2.75) is 45.6 Å². The average Bonchev–Trinajstić information content (AvgIpc) is 2.57. The Hall–Kier alpha value is -2.38. The molecular weight excluding hydrogens is 364 g/mol. The SMILES string of the molecule is COc1ccc(S(=O)(=O)NC(C)C(=O)Nc2c(C)cc(C)cc2C)cc1C. The van der Waals surface area contributed by atoms with Gasteiger partial charge in [0, 0.05) is 5.69 Å². The smallest absolute Gasteiger partial charge is 0.242 e. The summed E-state index contributed by atoms with van der Waals surface area (Å²) in [5.41, 5.74) is 4.37. The third-order valence-corrected chi connectivity index (χ3v) is 5.87. The maximum Gasteiger partial charge on any atom is 0.242 e. The van der Waals surface area contributed by atoms with E-state index < -0.39 is 22.0 Å². The molecule has 2 aromatic carbocycles. The number of hydrogen-bond acceptors (Lipinski definition) is 4. The second kappa shape index (κ2) is 8.10. The lowest BCUT2D eigenvalue weighted by Gasteiger charge is -2.18. The quantitative estimate of drug-likeness (QED) is 0.793. The molecule has 0 aliphatic heterocycles. The number of methoxy groups -OCH3 is 1. The van der Waals surface area contributed by atoms with Gasteiger partial charge in [0.1, 0.15) is 5.75 Å². The number of carbonyl (C=O) groups excluding carboxylic acids is 1. The van der Waals surface area contributed by atoms with Gasteiger partial charge in [0.2, 0.25) is 15.9 Å². The summed E-state index contributed by atoms with van der Waals surface area (Å²) in [4.78, 5) is 12.6. The normalized spacial score (nSPS) is 12.5. The maximum absolute atomic E-state index is 12.6. The third-order valence-electron chi connectivity index (χ3n) is 4.33. The number of amides is 1. The van der Waals surface area contributed by atoms with Crippen molar-refractivity contribution in [3.8, 4) is 5.75 Å². The van der Waals surface area contributed by atoms with Gasteiger partial charge in [-0.1, -0.05) is 17.7 Å². The molecule has 1 unspecified atom stereocenters. The average molecular weight is 391 g/mol. The molecule has 0 aliphatic carbocycles. The van der Waals surface area contributed by atoms with E-state index in [1.807, 2.05) is 32.9 Å². The molecule has 1 atom stereocenters. The fraction of sp³-hybridized carbons (Fsp3) is 0.350. The van der Waals surface area contributed by atoms with Gasteiger partial charge < -0.3 is 10.1 Å². The summed E-state index contributed by atoms with van der Waals surface area (Å²) in [5.74, 6) is 0.184. The van der Waals surface area contributed by atoms with Crippen LogP contribution in [-0.2, 0) is 14.8 Å². The van der Waals surface area contributed by atoms with Crippen LogP contribution in [0.15, 0.2) is 35.2 Å². The predicted molar refractivity (Wildman–Crippen MR) is 107 cm³/mol. The molecule has 2 aromatic rings. The molecule has 0 bridgehead atoms. The minimum Gasteiger partial charge on any atom is -0.496 e. The molecule has 0 saturated carbocycles. The van der Waals surface area contributed by atoms with Gasteiger partial charge in [-0.3, -0.25) is 4.79 Å². The Kier molecular flexibility index (Phi) is 6.28. The van der Waals surface area contributed by atoms with E-state index in [2.05, 4.69) is 10.0 Å². The number of anilines is 1. The lowest BCUT2D eigenvalue weighted by Crippen LogP contribution is -2.41. The van der Waals surface area contributed by atoms with Crippen LogP contribution < -0.4 is 14.8 Å². The van der Waals surface area contributed by atoms with E-state index in [-0.39, 0.29) is 4.90 Å². The number of ether oxygens (including phenoxy) is 1. The van der Waals surface area contributed by atoms with Gasteiger partial charge in [-0.25, -0.2) is 8.42 Å². The second-order valence-corrected chi connectivity index (χ2v) is 8.45. The van der Waals surface area contributed by atoms with Gasteiger partial charge in [-0.05, 0) is 69.5 Å². The first-order valence-corrected chi connectivity index (χ1v) is 10.1. The van der Waals surface area contributed by atoms with Crippen LogP contribution in [0.3, 0.4) is 0 Å². The molecule has 0 saturated heterocycles. The van der Waals surface area contributed by atoms with Crippen molar-refractivity contribution in [2.75, 3.05) is 12.4 Å². The van der Waals surface area contributed by atoms with E-state index in [1.54, 1.807) is 13.0 Å². The Morgan fingerprint density at radius 3 is 2.11 bits per heavy atom. The summed E-state index contributed by atoms with van der Waals surface area (Å²) in [6.07, 6.45) is 0. The number of hydrogen-bond donors (Lipinski definition) is 2. The molecule has 0 spiro atoms. The standard InChI is InChI=1S/C20H26N2O4S/c1-12-9-14(3)19(15(4)10-12)21-20(23)16(5)22-27(24,25)17-7-8-18(26-6)13(2)11-17/h7-11,16,22H,1-6H3,(H,21,23). The first-order valence-electron chi connectivity index (χ1n) is 8.61. The minimum absolute atomic E-state index is 0.0862. The van der Waals surface area contributed by atoms with Crippen LogP contribution in [-0.4, -0.2) is 27.5 Å². The summed E-state index contributed by atoms with van der Waals surface area (Å²) >= 11 is 0. The van der Waals surface area contributed by atoms with Crippen molar-refractivity contribution < 1.29 is 17.9 Å².